The molecule has 2 heterocycles. The number of benzene rings is 1. The van der Waals surface area contributed by atoms with Crippen molar-refractivity contribution in [1.82, 2.24) is 9.97 Å². The largest absolute Gasteiger partial charge is 0.493 e. The maximum absolute atomic E-state index is 5.53. The van der Waals surface area contributed by atoms with Gasteiger partial charge in [-0.3, -0.25) is 0 Å². The molecule has 2 aromatic rings. The first-order chi connectivity index (χ1) is 9.83. The fraction of sp³-hybridized carbons (Fsp3) is 0.333. The SMILES string of the molecule is NNc1cc(C2CC2)nc(-c2ccc3c(c2)CCO3)n1. The van der Waals surface area contributed by atoms with E-state index in [1.54, 1.807) is 0 Å². The second-order valence-corrected chi connectivity index (χ2v) is 5.34. The Hall–Kier alpha value is -2.14. The summed E-state index contributed by atoms with van der Waals surface area (Å²) >= 11 is 0. The van der Waals surface area contributed by atoms with Gasteiger partial charge in [-0.1, -0.05) is 0 Å². The highest BCUT2D eigenvalue weighted by molar-refractivity contribution is 5.61. The van der Waals surface area contributed by atoms with Crippen LogP contribution in [0.15, 0.2) is 24.3 Å². The molecule has 0 saturated heterocycles. The van der Waals surface area contributed by atoms with Gasteiger partial charge in [-0.05, 0) is 36.6 Å². The molecule has 4 rings (SSSR count). The lowest BCUT2D eigenvalue weighted by Crippen LogP contribution is -2.10. The van der Waals surface area contributed by atoms with Gasteiger partial charge in [0.1, 0.15) is 11.6 Å². The molecule has 20 heavy (non-hydrogen) atoms. The Kier molecular flexibility index (Phi) is 2.60. The zero-order valence-corrected chi connectivity index (χ0v) is 11.1. The average Bonchev–Trinajstić information content (AvgIpc) is 3.24. The second kappa shape index (κ2) is 4.45. The Labute approximate surface area is 117 Å². The zero-order chi connectivity index (χ0) is 13.5. The molecule has 1 aliphatic carbocycles. The molecule has 1 aromatic carbocycles. The molecule has 1 saturated carbocycles. The van der Waals surface area contributed by atoms with Crippen LogP contribution >= 0.6 is 0 Å². The molecule has 5 nitrogen and oxygen atoms in total. The second-order valence-electron chi connectivity index (χ2n) is 5.34. The van der Waals surface area contributed by atoms with E-state index >= 15 is 0 Å². The molecule has 1 aromatic heterocycles. The van der Waals surface area contributed by atoms with Crippen molar-refractivity contribution in [2.75, 3.05) is 12.0 Å². The van der Waals surface area contributed by atoms with E-state index in [0.29, 0.717) is 11.7 Å². The van der Waals surface area contributed by atoms with Gasteiger partial charge in [-0.25, -0.2) is 15.8 Å². The summed E-state index contributed by atoms with van der Waals surface area (Å²) in [5.41, 5.74) is 5.97. The number of nitrogen functional groups attached to an aromatic ring is 1. The first-order valence-electron chi connectivity index (χ1n) is 6.95. The van der Waals surface area contributed by atoms with Crippen molar-refractivity contribution in [3.05, 3.63) is 35.5 Å². The summed E-state index contributed by atoms with van der Waals surface area (Å²) in [6.45, 7) is 0.761. The highest BCUT2D eigenvalue weighted by Crippen LogP contribution is 2.40. The molecule has 0 spiro atoms. The lowest BCUT2D eigenvalue weighted by Gasteiger charge is -2.08. The summed E-state index contributed by atoms with van der Waals surface area (Å²) in [4.78, 5) is 9.16. The molecule has 2 aliphatic rings. The molecule has 0 radical (unpaired) electrons. The maximum atomic E-state index is 5.53. The molecule has 3 N–H and O–H groups in total. The summed E-state index contributed by atoms with van der Waals surface area (Å²) in [5, 5.41) is 0. The third kappa shape index (κ3) is 2.00. The van der Waals surface area contributed by atoms with Crippen LogP contribution in [0.25, 0.3) is 11.4 Å². The van der Waals surface area contributed by atoms with E-state index in [1.165, 1.54) is 18.4 Å². The molecule has 0 unspecified atom stereocenters. The predicted molar refractivity (Wildman–Crippen MR) is 76.5 cm³/mol. The van der Waals surface area contributed by atoms with Gasteiger partial charge in [0.05, 0.1) is 6.61 Å². The van der Waals surface area contributed by atoms with Crippen LogP contribution < -0.4 is 16.0 Å². The Bertz CT molecular complexity index is 667. The number of anilines is 1. The highest BCUT2D eigenvalue weighted by Gasteiger charge is 2.26. The monoisotopic (exact) mass is 268 g/mol. The number of nitrogens with zero attached hydrogens (tertiary/aromatic N) is 2. The first-order valence-corrected chi connectivity index (χ1v) is 6.95. The molecule has 0 amide bonds. The topological polar surface area (TPSA) is 73.1 Å². The maximum Gasteiger partial charge on any atom is 0.161 e. The Balaban J connectivity index is 1.78. The van der Waals surface area contributed by atoms with Crippen LogP contribution in [-0.2, 0) is 6.42 Å². The Morgan fingerprint density at radius 3 is 2.90 bits per heavy atom. The smallest absolute Gasteiger partial charge is 0.161 e. The van der Waals surface area contributed by atoms with Gasteiger partial charge in [-0.2, -0.15) is 0 Å². The van der Waals surface area contributed by atoms with Crippen molar-refractivity contribution in [2.45, 2.75) is 25.2 Å². The predicted octanol–water partition coefficient (Wildman–Crippen LogP) is 2.24. The van der Waals surface area contributed by atoms with E-state index < -0.39 is 0 Å². The van der Waals surface area contributed by atoms with Crippen LogP contribution in [0.5, 0.6) is 5.75 Å². The van der Waals surface area contributed by atoms with E-state index in [-0.39, 0.29) is 0 Å². The number of aromatic nitrogens is 2. The molecule has 102 valence electrons. The van der Waals surface area contributed by atoms with Crippen molar-refractivity contribution in [1.29, 1.82) is 0 Å². The quantitative estimate of drug-likeness (QED) is 0.659. The normalized spacial score (nSPS) is 16.6. The molecule has 0 atom stereocenters. The molecular formula is C15H16N4O. The van der Waals surface area contributed by atoms with E-state index in [0.717, 1.165) is 35.9 Å². The third-order valence-corrected chi connectivity index (χ3v) is 3.84. The molecule has 1 fully saturated rings. The van der Waals surface area contributed by atoms with Gasteiger partial charge in [0.25, 0.3) is 0 Å². The minimum atomic E-state index is 0.571. The number of hydrazine groups is 1. The van der Waals surface area contributed by atoms with Crippen LogP contribution in [0.3, 0.4) is 0 Å². The lowest BCUT2D eigenvalue weighted by molar-refractivity contribution is 0.357. The molecular weight excluding hydrogens is 252 g/mol. The van der Waals surface area contributed by atoms with Gasteiger partial charge >= 0.3 is 0 Å². The van der Waals surface area contributed by atoms with E-state index in [9.17, 15) is 0 Å². The van der Waals surface area contributed by atoms with Crippen molar-refractivity contribution >= 4 is 5.82 Å². The zero-order valence-electron chi connectivity index (χ0n) is 11.1. The summed E-state index contributed by atoms with van der Waals surface area (Å²) < 4.78 is 5.53. The molecule has 0 bridgehead atoms. The van der Waals surface area contributed by atoms with Crippen molar-refractivity contribution in [3.8, 4) is 17.1 Å². The Morgan fingerprint density at radius 2 is 2.10 bits per heavy atom. The highest BCUT2D eigenvalue weighted by atomic mass is 16.5. The van der Waals surface area contributed by atoms with Gasteiger partial charge < -0.3 is 10.2 Å². The average molecular weight is 268 g/mol. The number of hydrogen-bond donors (Lipinski definition) is 2. The van der Waals surface area contributed by atoms with Gasteiger partial charge in [0, 0.05) is 29.7 Å². The standard InChI is InChI=1S/C15H16N4O/c16-19-14-8-12(9-1-2-9)17-15(18-14)11-3-4-13-10(7-11)5-6-20-13/h3-4,7-9H,1-2,5-6,16H2,(H,17,18,19). The van der Waals surface area contributed by atoms with Crippen molar-refractivity contribution in [2.24, 2.45) is 5.84 Å². The third-order valence-electron chi connectivity index (χ3n) is 3.84. The van der Waals surface area contributed by atoms with E-state index in [2.05, 4.69) is 16.5 Å². The van der Waals surface area contributed by atoms with Crippen LogP contribution in [0.2, 0.25) is 0 Å². The van der Waals surface area contributed by atoms with Crippen LogP contribution in [0, 0.1) is 0 Å². The van der Waals surface area contributed by atoms with Crippen molar-refractivity contribution in [3.63, 3.8) is 0 Å². The first kappa shape index (κ1) is 11.7. The number of nitrogens with one attached hydrogen (secondary N) is 1. The van der Waals surface area contributed by atoms with Gasteiger partial charge in [0.15, 0.2) is 5.82 Å². The minimum absolute atomic E-state index is 0.571. The molecule has 5 heteroatoms. The van der Waals surface area contributed by atoms with Crippen LogP contribution in [-0.4, -0.2) is 16.6 Å². The summed E-state index contributed by atoms with van der Waals surface area (Å²) in [6, 6.07) is 8.07. The number of nitrogens with two attached hydrogens (primary N) is 1. The Morgan fingerprint density at radius 1 is 1.20 bits per heavy atom. The summed E-state index contributed by atoms with van der Waals surface area (Å²) in [6.07, 6.45) is 3.37. The lowest BCUT2D eigenvalue weighted by atomic mass is 10.1. The molecule has 1 aliphatic heterocycles. The summed E-state index contributed by atoms with van der Waals surface area (Å²) in [7, 11) is 0. The summed E-state index contributed by atoms with van der Waals surface area (Å²) in [5.74, 6) is 8.47. The number of rotatable bonds is 3. The van der Waals surface area contributed by atoms with E-state index in [1.807, 2.05) is 18.2 Å². The fourth-order valence-corrected chi connectivity index (χ4v) is 2.58. The van der Waals surface area contributed by atoms with Crippen LogP contribution in [0.1, 0.15) is 30.0 Å². The van der Waals surface area contributed by atoms with Crippen LogP contribution in [0.4, 0.5) is 5.82 Å². The minimum Gasteiger partial charge on any atom is -0.493 e. The van der Waals surface area contributed by atoms with Gasteiger partial charge in [-0.15, -0.1) is 0 Å². The fourth-order valence-electron chi connectivity index (χ4n) is 2.58. The van der Waals surface area contributed by atoms with Gasteiger partial charge in [0.2, 0.25) is 0 Å². The number of fused-ring (bicyclic) bond motifs is 1. The number of ether oxygens (including phenoxy) is 1. The number of hydrogen-bond acceptors (Lipinski definition) is 5. The van der Waals surface area contributed by atoms with Crippen molar-refractivity contribution < 1.29 is 4.74 Å². The van der Waals surface area contributed by atoms with E-state index in [4.69, 9.17) is 15.6 Å².